The van der Waals surface area contributed by atoms with Crippen LogP contribution in [0.4, 0.5) is 4.79 Å². The highest BCUT2D eigenvalue weighted by atomic mass is 32.2. The number of H-pyrrole nitrogens is 1. The summed E-state index contributed by atoms with van der Waals surface area (Å²) in [7, 11) is -1.36. The molecule has 1 aromatic heterocycles. The van der Waals surface area contributed by atoms with Gasteiger partial charge in [0.15, 0.2) is 9.84 Å². The van der Waals surface area contributed by atoms with E-state index in [9.17, 15) is 13.2 Å². The average Bonchev–Trinajstić information content (AvgIpc) is 3.22. The average molecular weight is 348 g/mol. The van der Waals surface area contributed by atoms with Crippen LogP contribution in [0.25, 0.3) is 11.3 Å². The molecule has 8 heteroatoms. The lowest BCUT2D eigenvalue weighted by Gasteiger charge is -2.23. The maximum atomic E-state index is 12.2. The topological polar surface area (TPSA) is 95.2 Å². The normalized spacial score (nSPS) is 19.1. The number of urea groups is 1. The molecule has 24 heavy (non-hydrogen) atoms. The van der Waals surface area contributed by atoms with E-state index in [0.29, 0.717) is 13.0 Å². The molecule has 0 radical (unpaired) electrons. The summed E-state index contributed by atoms with van der Waals surface area (Å²) in [6, 6.07) is 9.20. The molecule has 2 amide bonds. The van der Waals surface area contributed by atoms with Crippen LogP contribution in [0.5, 0.6) is 0 Å². The molecule has 0 spiro atoms. The minimum Gasteiger partial charge on any atom is -0.334 e. The minimum atomic E-state index is -3.00. The number of benzene rings is 1. The predicted octanol–water partition coefficient (Wildman–Crippen LogP) is 1.41. The number of aromatic amines is 1. The van der Waals surface area contributed by atoms with Gasteiger partial charge in [-0.1, -0.05) is 24.3 Å². The van der Waals surface area contributed by atoms with Crippen LogP contribution in [0.15, 0.2) is 36.5 Å². The molecule has 1 aliphatic heterocycles. The molecule has 2 N–H and O–H groups in total. The Hall–Kier alpha value is -2.35. The zero-order valence-electron chi connectivity index (χ0n) is 13.4. The van der Waals surface area contributed by atoms with Crippen molar-refractivity contribution in [3.63, 3.8) is 0 Å². The van der Waals surface area contributed by atoms with E-state index in [4.69, 9.17) is 0 Å². The number of rotatable bonds is 4. The van der Waals surface area contributed by atoms with Crippen molar-refractivity contribution in [2.24, 2.45) is 0 Å². The summed E-state index contributed by atoms with van der Waals surface area (Å²) in [4.78, 5) is 13.7. The third kappa shape index (κ3) is 3.76. The third-order valence-electron chi connectivity index (χ3n) is 4.29. The number of carbonyl (C=O) groups is 1. The second kappa shape index (κ2) is 6.64. The summed E-state index contributed by atoms with van der Waals surface area (Å²) in [6.07, 6.45) is 2.20. The number of aromatic nitrogens is 2. The van der Waals surface area contributed by atoms with Crippen LogP contribution in [0.3, 0.4) is 0 Å². The summed E-state index contributed by atoms with van der Waals surface area (Å²) < 4.78 is 23.0. The van der Waals surface area contributed by atoms with Crippen LogP contribution in [0.1, 0.15) is 12.0 Å². The first-order valence-electron chi connectivity index (χ1n) is 7.74. The maximum Gasteiger partial charge on any atom is 0.317 e. The molecule has 2 aromatic rings. The molecular formula is C16H20N4O3S. The molecule has 128 valence electrons. The molecule has 1 aromatic carbocycles. The molecule has 1 fully saturated rings. The van der Waals surface area contributed by atoms with Crippen LogP contribution >= 0.6 is 0 Å². The first-order chi connectivity index (χ1) is 11.4. The Morgan fingerprint density at radius 3 is 2.67 bits per heavy atom. The van der Waals surface area contributed by atoms with Gasteiger partial charge in [-0.3, -0.25) is 5.10 Å². The van der Waals surface area contributed by atoms with Gasteiger partial charge < -0.3 is 10.2 Å². The van der Waals surface area contributed by atoms with Gasteiger partial charge in [0.05, 0.1) is 17.2 Å². The Kier molecular flexibility index (Phi) is 4.57. The Morgan fingerprint density at radius 2 is 2.08 bits per heavy atom. The fourth-order valence-corrected chi connectivity index (χ4v) is 4.54. The Morgan fingerprint density at radius 1 is 1.33 bits per heavy atom. The highest BCUT2D eigenvalue weighted by Gasteiger charge is 2.32. The van der Waals surface area contributed by atoms with E-state index in [0.717, 1.165) is 16.8 Å². The molecule has 0 unspecified atom stereocenters. The Balaban J connectivity index is 1.54. The van der Waals surface area contributed by atoms with E-state index in [2.05, 4.69) is 15.5 Å². The molecule has 1 aliphatic rings. The van der Waals surface area contributed by atoms with Crippen molar-refractivity contribution >= 4 is 15.9 Å². The second-order valence-electron chi connectivity index (χ2n) is 5.99. The summed E-state index contributed by atoms with van der Waals surface area (Å²) in [5.74, 6) is 0.208. The molecule has 3 rings (SSSR count). The summed E-state index contributed by atoms with van der Waals surface area (Å²) in [5, 5.41) is 9.65. The zero-order chi connectivity index (χ0) is 17.2. The van der Waals surface area contributed by atoms with Crippen molar-refractivity contribution in [2.75, 3.05) is 18.6 Å². The van der Waals surface area contributed by atoms with Crippen molar-refractivity contribution in [2.45, 2.75) is 19.0 Å². The molecule has 0 saturated carbocycles. The standard InChI is InChI=1S/C16H20N4O3S/c1-20(14-7-9-24(22,23)11-14)16(21)17-10-12-2-4-13(5-3-12)15-6-8-18-19-15/h2-6,8,14H,7,9-11H2,1H3,(H,17,21)(H,18,19)/t14-/m1/s1. The van der Waals surface area contributed by atoms with Gasteiger partial charge in [0, 0.05) is 25.8 Å². The van der Waals surface area contributed by atoms with Crippen LogP contribution in [-0.2, 0) is 16.4 Å². The van der Waals surface area contributed by atoms with Crippen LogP contribution in [-0.4, -0.2) is 54.1 Å². The molecule has 1 saturated heterocycles. The molecule has 2 heterocycles. The highest BCUT2D eigenvalue weighted by molar-refractivity contribution is 7.91. The van der Waals surface area contributed by atoms with Crippen LogP contribution < -0.4 is 5.32 Å². The predicted molar refractivity (Wildman–Crippen MR) is 91.1 cm³/mol. The number of hydrogen-bond donors (Lipinski definition) is 2. The molecule has 7 nitrogen and oxygen atoms in total. The fourth-order valence-electron chi connectivity index (χ4n) is 2.77. The Labute approximate surface area is 141 Å². The van der Waals surface area contributed by atoms with E-state index in [1.165, 1.54) is 4.90 Å². The van der Waals surface area contributed by atoms with E-state index in [-0.39, 0.29) is 23.6 Å². The van der Waals surface area contributed by atoms with Gasteiger partial charge in [-0.2, -0.15) is 5.10 Å². The number of carbonyl (C=O) groups excluding carboxylic acids is 1. The molecule has 0 aliphatic carbocycles. The second-order valence-corrected chi connectivity index (χ2v) is 8.22. The smallest absolute Gasteiger partial charge is 0.317 e. The lowest BCUT2D eigenvalue weighted by atomic mass is 10.1. The number of hydrogen-bond acceptors (Lipinski definition) is 4. The highest BCUT2D eigenvalue weighted by Crippen LogP contribution is 2.18. The molecule has 0 bridgehead atoms. The van der Waals surface area contributed by atoms with Crippen molar-refractivity contribution in [1.82, 2.24) is 20.4 Å². The lowest BCUT2D eigenvalue weighted by Crippen LogP contribution is -2.43. The van der Waals surface area contributed by atoms with E-state index in [1.54, 1.807) is 13.2 Å². The van der Waals surface area contributed by atoms with Gasteiger partial charge in [0.25, 0.3) is 0 Å². The third-order valence-corrected chi connectivity index (χ3v) is 6.04. The summed E-state index contributed by atoms with van der Waals surface area (Å²) in [6.45, 7) is 0.395. The lowest BCUT2D eigenvalue weighted by molar-refractivity contribution is 0.194. The first-order valence-corrected chi connectivity index (χ1v) is 9.56. The Bertz CT molecular complexity index is 800. The first kappa shape index (κ1) is 16.5. The monoisotopic (exact) mass is 348 g/mol. The number of amides is 2. The van der Waals surface area contributed by atoms with Gasteiger partial charge >= 0.3 is 6.03 Å². The number of nitrogens with one attached hydrogen (secondary N) is 2. The van der Waals surface area contributed by atoms with Gasteiger partial charge in [-0.25, -0.2) is 13.2 Å². The SMILES string of the molecule is CN(C(=O)NCc1ccc(-c2ccn[nH]2)cc1)[C@@H]1CCS(=O)(=O)C1. The van der Waals surface area contributed by atoms with Crippen LogP contribution in [0, 0.1) is 0 Å². The van der Waals surface area contributed by atoms with Crippen molar-refractivity contribution in [3.8, 4) is 11.3 Å². The van der Waals surface area contributed by atoms with Crippen molar-refractivity contribution < 1.29 is 13.2 Å². The van der Waals surface area contributed by atoms with Crippen molar-refractivity contribution in [3.05, 3.63) is 42.1 Å². The van der Waals surface area contributed by atoms with Gasteiger partial charge in [-0.05, 0) is 23.6 Å². The minimum absolute atomic E-state index is 0.0514. The summed E-state index contributed by atoms with van der Waals surface area (Å²) in [5.41, 5.74) is 2.93. The van der Waals surface area contributed by atoms with Gasteiger partial charge in [-0.15, -0.1) is 0 Å². The fraction of sp³-hybridized carbons (Fsp3) is 0.375. The largest absolute Gasteiger partial charge is 0.334 e. The summed E-state index contributed by atoms with van der Waals surface area (Å²) >= 11 is 0. The zero-order valence-corrected chi connectivity index (χ0v) is 14.2. The van der Waals surface area contributed by atoms with Crippen molar-refractivity contribution in [1.29, 1.82) is 0 Å². The molecular weight excluding hydrogens is 328 g/mol. The van der Waals surface area contributed by atoms with Gasteiger partial charge in [0.2, 0.25) is 0 Å². The number of nitrogens with zero attached hydrogens (tertiary/aromatic N) is 2. The van der Waals surface area contributed by atoms with Crippen LogP contribution in [0.2, 0.25) is 0 Å². The quantitative estimate of drug-likeness (QED) is 0.873. The number of sulfone groups is 1. The van der Waals surface area contributed by atoms with E-state index in [1.807, 2.05) is 30.3 Å². The molecule has 1 atom stereocenters. The van der Waals surface area contributed by atoms with Gasteiger partial charge in [0.1, 0.15) is 0 Å². The van der Waals surface area contributed by atoms with E-state index < -0.39 is 9.84 Å². The maximum absolute atomic E-state index is 12.2. The van der Waals surface area contributed by atoms with E-state index >= 15 is 0 Å².